The fourth-order valence-electron chi connectivity index (χ4n) is 2.00. The van der Waals surface area contributed by atoms with Crippen LogP contribution in [0.3, 0.4) is 0 Å². The molecule has 1 aliphatic carbocycles. The normalized spacial score (nSPS) is 14.9. The second-order valence-corrected chi connectivity index (χ2v) is 6.30. The van der Waals surface area contributed by atoms with E-state index in [0.29, 0.717) is 0 Å². The SMILES string of the molecule is CCSC1=C(C)C(=C(C#N)C#N)C(C)=C1SCC. The Morgan fingerprint density at radius 1 is 0.944 bits per heavy atom. The van der Waals surface area contributed by atoms with Gasteiger partial charge in [-0.05, 0) is 36.5 Å². The summed E-state index contributed by atoms with van der Waals surface area (Å²) in [6.07, 6.45) is 0. The molecule has 0 spiro atoms. The number of nitriles is 2. The van der Waals surface area contributed by atoms with Crippen LogP contribution in [0.5, 0.6) is 0 Å². The molecule has 94 valence electrons. The summed E-state index contributed by atoms with van der Waals surface area (Å²) >= 11 is 3.58. The Labute approximate surface area is 117 Å². The van der Waals surface area contributed by atoms with Gasteiger partial charge >= 0.3 is 0 Å². The number of hydrogen-bond acceptors (Lipinski definition) is 4. The van der Waals surface area contributed by atoms with Gasteiger partial charge in [0.15, 0.2) is 0 Å². The lowest BCUT2D eigenvalue weighted by Crippen LogP contribution is -1.89. The molecule has 1 aliphatic rings. The third-order valence-electron chi connectivity index (χ3n) is 2.69. The molecule has 2 nitrogen and oxygen atoms in total. The van der Waals surface area contributed by atoms with E-state index in [9.17, 15) is 0 Å². The first kappa shape index (κ1) is 15.0. The summed E-state index contributed by atoms with van der Waals surface area (Å²) in [6, 6.07) is 4.02. The molecule has 0 N–H and O–H groups in total. The highest BCUT2D eigenvalue weighted by atomic mass is 32.2. The van der Waals surface area contributed by atoms with E-state index >= 15 is 0 Å². The van der Waals surface area contributed by atoms with Crippen LogP contribution in [0.2, 0.25) is 0 Å². The summed E-state index contributed by atoms with van der Waals surface area (Å²) in [7, 11) is 0. The molecule has 0 unspecified atom stereocenters. The molecule has 18 heavy (non-hydrogen) atoms. The molecule has 0 aromatic rings. The highest BCUT2D eigenvalue weighted by molar-refractivity contribution is 8.08. The smallest absolute Gasteiger partial charge is 0.137 e. The van der Waals surface area contributed by atoms with Crippen LogP contribution in [0.25, 0.3) is 0 Å². The zero-order chi connectivity index (χ0) is 13.7. The molecule has 0 aromatic carbocycles. The molecule has 0 fully saturated rings. The molecular formula is C14H16N2S2. The lowest BCUT2D eigenvalue weighted by atomic mass is 10.0. The maximum absolute atomic E-state index is 9.07. The Balaban J connectivity index is 3.46. The van der Waals surface area contributed by atoms with Crippen LogP contribution in [-0.2, 0) is 0 Å². The Morgan fingerprint density at radius 3 is 1.61 bits per heavy atom. The number of thioether (sulfide) groups is 2. The number of nitrogens with zero attached hydrogens (tertiary/aromatic N) is 2. The largest absolute Gasteiger partial charge is 0.192 e. The van der Waals surface area contributed by atoms with Gasteiger partial charge in [0.1, 0.15) is 17.7 Å². The minimum atomic E-state index is 0.228. The Bertz CT molecular complexity index is 479. The third-order valence-corrected chi connectivity index (χ3v) is 4.99. The summed E-state index contributed by atoms with van der Waals surface area (Å²) in [4.78, 5) is 2.47. The van der Waals surface area contributed by atoms with Crippen molar-refractivity contribution in [1.29, 1.82) is 10.5 Å². The molecule has 0 aliphatic heterocycles. The van der Waals surface area contributed by atoms with Crippen molar-refractivity contribution in [3.8, 4) is 12.1 Å². The van der Waals surface area contributed by atoms with Crippen LogP contribution in [-0.4, -0.2) is 11.5 Å². The lowest BCUT2D eigenvalue weighted by Gasteiger charge is -2.07. The molecule has 0 amide bonds. The minimum absolute atomic E-state index is 0.228. The number of allylic oxidation sites excluding steroid dienone is 4. The molecule has 0 radical (unpaired) electrons. The zero-order valence-corrected chi connectivity index (χ0v) is 12.8. The van der Waals surface area contributed by atoms with Crippen molar-refractivity contribution < 1.29 is 0 Å². The molecule has 4 heteroatoms. The number of hydrogen-bond donors (Lipinski definition) is 0. The van der Waals surface area contributed by atoms with E-state index in [1.807, 2.05) is 26.0 Å². The molecule has 1 rings (SSSR count). The van der Waals surface area contributed by atoms with Crippen LogP contribution < -0.4 is 0 Å². The molecule has 0 saturated carbocycles. The lowest BCUT2D eigenvalue weighted by molar-refractivity contribution is 1.32. The van der Waals surface area contributed by atoms with Gasteiger partial charge in [-0.3, -0.25) is 0 Å². The topological polar surface area (TPSA) is 47.6 Å². The summed E-state index contributed by atoms with van der Waals surface area (Å²) in [6.45, 7) is 8.25. The monoisotopic (exact) mass is 276 g/mol. The van der Waals surface area contributed by atoms with Gasteiger partial charge in [0.25, 0.3) is 0 Å². The van der Waals surface area contributed by atoms with E-state index < -0.39 is 0 Å². The van der Waals surface area contributed by atoms with Gasteiger partial charge in [0.2, 0.25) is 0 Å². The van der Waals surface area contributed by atoms with Crippen molar-refractivity contribution in [3.05, 3.63) is 32.1 Å². The van der Waals surface area contributed by atoms with E-state index in [-0.39, 0.29) is 5.57 Å². The van der Waals surface area contributed by atoms with Crippen molar-refractivity contribution in [1.82, 2.24) is 0 Å². The standard InChI is InChI=1S/C14H16N2S2/c1-5-17-13-9(3)12(11(7-15)8-16)10(4)14(13)18-6-2/h5-6H2,1-4H3. The maximum Gasteiger partial charge on any atom is 0.137 e. The van der Waals surface area contributed by atoms with Gasteiger partial charge < -0.3 is 0 Å². The molecule has 0 saturated heterocycles. The first-order valence-corrected chi connectivity index (χ1v) is 7.82. The van der Waals surface area contributed by atoms with Crippen molar-refractivity contribution >= 4 is 23.5 Å². The van der Waals surface area contributed by atoms with E-state index in [2.05, 4.69) is 13.8 Å². The Hall–Kier alpha value is -1.10. The first-order valence-electron chi connectivity index (χ1n) is 5.85. The van der Waals surface area contributed by atoms with E-state index in [1.165, 1.54) is 9.81 Å². The van der Waals surface area contributed by atoms with Crippen molar-refractivity contribution in [2.24, 2.45) is 0 Å². The van der Waals surface area contributed by atoms with Gasteiger partial charge in [-0.15, -0.1) is 23.5 Å². The summed E-state index contributed by atoms with van der Waals surface area (Å²) in [5.41, 5.74) is 3.22. The predicted octanol–water partition coefficient (Wildman–Crippen LogP) is 4.40. The average Bonchev–Trinajstić information content (AvgIpc) is 2.58. The second-order valence-electron chi connectivity index (χ2n) is 3.75. The van der Waals surface area contributed by atoms with Gasteiger partial charge in [-0.2, -0.15) is 10.5 Å². The van der Waals surface area contributed by atoms with Gasteiger partial charge in [0.05, 0.1) is 0 Å². The molecule has 0 atom stereocenters. The minimum Gasteiger partial charge on any atom is -0.192 e. The second kappa shape index (κ2) is 6.73. The fourth-order valence-corrected chi connectivity index (χ4v) is 4.13. The first-order chi connectivity index (χ1) is 8.62. The van der Waals surface area contributed by atoms with Crippen LogP contribution in [0, 0.1) is 22.7 Å². The Kier molecular flexibility index (Phi) is 5.59. The van der Waals surface area contributed by atoms with E-state index in [1.54, 1.807) is 23.5 Å². The highest BCUT2D eigenvalue weighted by Crippen LogP contribution is 2.47. The van der Waals surface area contributed by atoms with E-state index in [0.717, 1.165) is 28.2 Å². The quantitative estimate of drug-likeness (QED) is 0.714. The molecular weight excluding hydrogens is 260 g/mol. The van der Waals surface area contributed by atoms with Crippen LogP contribution in [0.1, 0.15) is 27.7 Å². The third kappa shape index (κ3) is 2.66. The zero-order valence-electron chi connectivity index (χ0n) is 11.1. The van der Waals surface area contributed by atoms with Crippen molar-refractivity contribution in [2.75, 3.05) is 11.5 Å². The fraction of sp³-hybridized carbons (Fsp3) is 0.429. The van der Waals surface area contributed by atoms with Crippen molar-refractivity contribution in [3.63, 3.8) is 0 Å². The van der Waals surface area contributed by atoms with Crippen LogP contribution in [0.4, 0.5) is 0 Å². The summed E-state index contributed by atoms with van der Waals surface area (Å²) in [5.74, 6) is 1.99. The van der Waals surface area contributed by atoms with Gasteiger partial charge in [-0.1, -0.05) is 13.8 Å². The predicted molar refractivity (Wildman–Crippen MR) is 79.9 cm³/mol. The average molecular weight is 276 g/mol. The highest BCUT2D eigenvalue weighted by Gasteiger charge is 2.26. The summed E-state index contributed by atoms with van der Waals surface area (Å²) < 4.78 is 0. The van der Waals surface area contributed by atoms with E-state index in [4.69, 9.17) is 10.5 Å². The molecule has 0 aromatic heterocycles. The summed E-state index contributed by atoms with van der Waals surface area (Å²) in [5, 5.41) is 18.1. The van der Waals surface area contributed by atoms with Gasteiger partial charge in [-0.25, -0.2) is 0 Å². The number of rotatable bonds is 4. The van der Waals surface area contributed by atoms with Crippen LogP contribution >= 0.6 is 23.5 Å². The molecule has 0 heterocycles. The maximum atomic E-state index is 9.07. The Morgan fingerprint density at radius 2 is 1.33 bits per heavy atom. The van der Waals surface area contributed by atoms with Crippen LogP contribution in [0.15, 0.2) is 32.1 Å². The molecule has 0 bridgehead atoms. The van der Waals surface area contributed by atoms with Gasteiger partial charge in [0, 0.05) is 15.4 Å². The van der Waals surface area contributed by atoms with Crippen molar-refractivity contribution in [2.45, 2.75) is 27.7 Å².